The van der Waals surface area contributed by atoms with E-state index >= 15 is 0 Å². The van der Waals surface area contributed by atoms with Gasteiger partial charge in [-0.1, -0.05) is 30.3 Å². The topological polar surface area (TPSA) is 103 Å². The molecule has 3 aromatic rings. The van der Waals surface area contributed by atoms with Crippen molar-refractivity contribution in [3.8, 4) is 5.75 Å². The molecule has 1 atom stereocenters. The number of nitrogens with one attached hydrogen (secondary N) is 1. The molecule has 36 heavy (non-hydrogen) atoms. The molecule has 0 saturated heterocycles. The highest BCUT2D eigenvalue weighted by atomic mass is 16.5. The number of hydrogen-bond donors (Lipinski definition) is 1. The molecule has 0 aliphatic carbocycles. The fourth-order valence-corrected chi connectivity index (χ4v) is 4.89. The molecule has 0 radical (unpaired) electrons. The third-order valence-electron chi connectivity index (χ3n) is 6.72. The average Bonchev–Trinajstić information content (AvgIpc) is 3.41. The lowest BCUT2D eigenvalue weighted by Gasteiger charge is -2.28. The number of ether oxygens (including phenoxy) is 2. The van der Waals surface area contributed by atoms with Crippen LogP contribution in [0.2, 0.25) is 0 Å². The van der Waals surface area contributed by atoms with Crippen molar-refractivity contribution in [1.82, 2.24) is 14.7 Å². The second-order valence-electron chi connectivity index (χ2n) is 8.90. The summed E-state index contributed by atoms with van der Waals surface area (Å²) in [6.07, 6.45) is 0.593. The van der Waals surface area contributed by atoms with Gasteiger partial charge in [-0.25, -0.2) is 4.79 Å². The monoisotopic (exact) mass is 488 g/mol. The molecule has 0 bridgehead atoms. The SMILES string of the molecule is CCOC(=O)c1nn(Cc2ccccc2)c2c1CN(C(=O)CC1C(=O)Nc3ccc(OC)cc31)CC2. The Bertz CT molecular complexity index is 1320. The van der Waals surface area contributed by atoms with Crippen molar-refractivity contribution in [3.63, 3.8) is 0 Å². The zero-order valence-corrected chi connectivity index (χ0v) is 20.3. The van der Waals surface area contributed by atoms with Crippen molar-refractivity contribution in [2.24, 2.45) is 0 Å². The summed E-state index contributed by atoms with van der Waals surface area (Å²) in [7, 11) is 1.57. The summed E-state index contributed by atoms with van der Waals surface area (Å²) in [6.45, 7) is 3.24. The molecule has 2 aromatic carbocycles. The third-order valence-corrected chi connectivity index (χ3v) is 6.72. The molecule has 1 N–H and O–H groups in total. The number of hydrogen-bond acceptors (Lipinski definition) is 6. The molecule has 5 rings (SSSR count). The van der Waals surface area contributed by atoms with E-state index < -0.39 is 11.9 Å². The summed E-state index contributed by atoms with van der Waals surface area (Å²) in [5.41, 5.74) is 4.41. The van der Waals surface area contributed by atoms with Gasteiger partial charge in [0, 0.05) is 42.9 Å². The Kier molecular flexibility index (Phi) is 6.45. The average molecular weight is 489 g/mol. The molecule has 9 nitrogen and oxygen atoms in total. The van der Waals surface area contributed by atoms with E-state index in [-0.39, 0.29) is 37.1 Å². The molecule has 0 spiro atoms. The van der Waals surface area contributed by atoms with Crippen LogP contribution in [0.3, 0.4) is 0 Å². The Morgan fingerprint density at radius 1 is 1.17 bits per heavy atom. The predicted octanol–water partition coefficient (Wildman–Crippen LogP) is 3.13. The quantitative estimate of drug-likeness (QED) is 0.513. The molecule has 3 heterocycles. The summed E-state index contributed by atoms with van der Waals surface area (Å²) in [6, 6.07) is 15.3. The first kappa shape index (κ1) is 23.6. The largest absolute Gasteiger partial charge is 0.497 e. The van der Waals surface area contributed by atoms with Gasteiger partial charge >= 0.3 is 5.97 Å². The van der Waals surface area contributed by atoms with Crippen LogP contribution < -0.4 is 10.1 Å². The number of methoxy groups -OCH3 is 1. The van der Waals surface area contributed by atoms with Crippen molar-refractivity contribution < 1.29 is 23.9 Å². The summed E-state index contributed by atoms with van der Waals surface area (Å²) in [5.74, 6) is -0.801. The number of aromatic nitrogens is 2. The number of benzene rings is 2. The molecule has 1 aromatic heterocycles. The smallest absolute Gasteiger partial charge is 0.359 e. The maximum atomic E-state index is 13.3. The van der Waals surface area contributed by atoms with Crippen LogP contribution in [0.25, 0.3) is 0 Å². The van der Waals surface area contributed by atoms with Crippen LogP contribution >= 0.6 is 0 Å². The van der Waals surface area contributed by atoms with Crippen molar-refractivity contribution in [1.29, 1.82) is 0 Å². The molecule has 2 aliphatic heterocycles. The zero-order valence-electron chi connectivity index (χ0n) is 20.3. The maximum Gasteiger partial charge on any atom is 0.359 e. The molecule has 2 amide bonds. The van der Waals surface area contributed by atoms with Crippen molar-refractivity contribution in [3.05, 3.63) is 76.6 Å². The van der Waals surface area contributed by atoms with Crippen LogP contribution in [0, 0.1) is 0 Å². The maximum absolute atomic E-state index is 13.3. The Balaban J connectivity index is 1.38. The first-order valence-electron chi connectivity index (χ1n) is 12.0. The standard InChI is InChI=1S/C27H28N4O5/c1-3-36-27(34)25-21-16-30(12-11-23(21)31(29-25)15-17-7-5-4-6-8-17)24(32)14-20-19-13-18(35-2)9-10-22(19)28-26(20)33/h4-10,13,20H,3,11-12,14-16H2,1-2H3,(H,28,33). The van der Waals surface area contributed by atoms with Gasteiger partial charge in [-0.3, -0.25) is 14.3 Å². The number of anilines is 1. The van der Waals surface area contributed by atoms with Crippen LogP contribution in [-0.2, 0) is 33.8 Å². The number of esters is 1. The second-order valence-corrected chi connectivity index (χ2v) is 8.90. The van der Waals surface area contributed by atoms with Crippen molar-refractivity contribution in [2.45, 2.75) is 38.8 Å². The molecule has 1 unspecified atom stereocenters. The van der Waals surface area contributed by atoms with Gasteiger partial charge in [0.15, 0.2) is 5.69 Å². The van der Waals surface area contributed by atoms with Gasteiger partial charge in [0.1, 0.15) is 5.75 Å². The number of amides is 2. The summed E-state index contributed by atoms with van der Waals surface area (Å²) in [5, 5.41) is 7.44. The molecule has 0 saturated carbocycles. The van der Waals surface area contributed by atoms with Gasteiger partial charge in [-0.05, 0) is 36.2 Å². The van der Waals surface area contributed by atoms with Crippen LogP contribution in [0.5, 0.6) is 5.75 Å². The molecule has 9 heteroatoms. The minimum Gasteiger partial charge on any atom is -0.497 e. The normalized spacial score (nSPS) is 16.2. The van der Waals surface area contributed by atoms with Crippen LogP contribution in [0.1, 0.15) is 52.1 Å². The Morgan fingerprint density at radius 2 is 1.97 bits per heavy atom. The summed E-state index contributed by atoms with van der Waals surface area (Å²) in [4.78, 5) is 40.4. The lowest BCUT2D eigenvalue weighted by atomic mass is 9.95. The van der Waals surface area contributed by atoms with Gasteiger partial charge in [0.2, 0.25) is 11.8 Å². The Morgan fingerprint density at radius 3 is 2.72 bits per heavy atom. The van der Waals surface area contributed by atoms with Gasteiger partial charge in [-0.2, -0.15) is 5.10 Å². The highest BCUT2D eigenvalue weighted by Crippen LogP contribution is 2.38. The molecule has 186 valence electrons. The third kappa shape index (κ3) is 4.44. The predicted molar refractivity (Wildman–Crippen MR) is 132 cm³/mol. The van der Waals surface area contributed by atoms with Gasteiger partial charge < -0.3 is 19.7 Å². The number of rotatable bonds is 7. The molecular weight excluding hydrogens is 460 g/mol. The van der Waals surface area contributed by atoms with E-state index in [0.717, 1.165) is 16.8 Å². The van der Waals surface area contributed by atoms with E-state index in [2.05, 4.69) is 10.4 Å². The lowest BCUT2D eigenvalue weighted by Crippen LogP contribution is -2.38. The lowest BCUT2D eigenvalue weighted by molar-refractivity contribution is -0.134. The summed E-state index contributed by atoms with van der Waals surface area (Å²) >= 11 is 0. The van der Waals surface area contributed by atoms with E-state index in [4.69, 9.17) is 9.47 Å². The van der Waals surface area contributed by atoms with Crippen molar-refractivity contribution >= 4 is 23.5 Å². The molecule has 0 fully saturated rings. The minimum absolute atomic E-state index is 0.0359. The fourth-order valence-electron chi connectivity index (χ4n) is 4.89. The van der Waals surface area contributed by atoms with Crippen molar-refractivity contribution in [2.75, 3.05) is 25.6 Å². The number of carbonyl (C=O) groups excluding carboxylic acids is 3. The summed E-state index contributed by atoms with van der Waals surface area (Å²) < 4.78 is 12.4. The van der Waals surface area contributed by atoms with Crippen LogP contribution in [0.15, 0.2) is 48.5 Å². The number of fused-ring (bicyclic) bond motifs is 2. The van der Waals surface area contributed by atoms with Gasteiger partial charge in [0.05, 0.1) is 26.2 Å². The molecular formula is C27H28N4O5. The Hall–Kier alpha value is -4.14. The zero-order chi connectivity index (χ0) is 25.2. The minimum atomic E-state index is -0.589. The number of carbonyl (C=O) groups is 3. The van der Waals surface area contributed by atoms with E-state index in [1.54, 1.807) is 37.1 Å². The Labute approximate surface area is 209 Å². The molecule has 2 aliphatic rings. The van der Waals surface area contributed by atoms with Gasteiger partial charge in [0.25, 0.3) is 0 Å². The van der Waals surface area contributed by atoms with Gasteiger partial charge in [-0.15, -0.1) is 0 Å². The van der Waals surface area contributed by atoms with Crippen LogP contribution in [0.4, 0.5) is 5.69 Å². The first-order valence-corrected chi connectivity index (χ1v) is 12.0. The van der Waals surface area contributed by atoms with E-state index in [9.17, 15) is 14.4 Å². The first-order chi connectivity index (χ1) is 17.5. The number of nitrogens with zero attached hydrogens (tertiary/aromatic N) is 3. The van der Waals surface area contributed by atoms with E-state index in [1.165, 1.54) is 0 Å². The van der Waals surface area contributed by atoms with Crippen LogP contribution in [-0.4, -0.2) is 52.7 Å². The highest BCUT2D eigenvalue weighted by molar-refractivity contribution is 6.05. The fraction of sp³-hybridized carbons (Fsp3) is 0.333. The highest BCUT2D eigenvalue weighted by Gasteiger charge is 2.36. The van der Waals surface area contributed by atoms with E-state index in [0.29, 0.717) is 36.5 Å². The van der Waals surface area contributed by atoms with E-state index in [1.807, 2.05) is 35.0 Å². The second kappa shape index (κ2) is 9.85.